The Morgan fingerprint density at radius 1 is 1.17 bits per heavy atom. The molecule has 5 nitrogen and oxygen atoms in total. The summed E-state index contributed by atoms with van der Waals surface area (Å²) in [6.45, 7) is 10.2. The average molecular weight is 319 g/mol. The number of hydrogen-bond acceptors (Lipinski definition) is 3. The average Bonchev–Trinajstić information content (AvgIpc) is 2.61. The van der Waals surface area contributed by atoms with E-state index in [4.69, 9.17) is 4.74 Å². The van der Waals surface area contributed by atoms with Crippen LogP contribution >= 0.6 is 0 Å². The molecule has 0 aliphatic carbocycles. The Hall–Kier alpha value is -1.75. The number of ether oxygens (including phenoxy) is 1. The molecule has 128 valence electrons. The van der Waals surface area contributed by atoms with Crippen molar-refractivity contribution in [1.82, 2.24) is 14.7 Å². The molecule has 1 aromatic carbocycles. The Balaban J connectivity index is 1.77. The van der Waals surface area contributed by atoms with Crippen LogP contribution in [0.2, 0.25) is 0 Å². The summed E-state index contributed by atoms with van der Waals surface area (Å²) in [5.74, 6) is 0.914. The Bertz CT molecular complexity index is 495. The first-order chi connectivity index (χ1) is 11.2. The first-order valence-electron chi connectivity index (χ1n) is 8.57. The predicted molar refractivity (Wildman–Crippen MR) is 93.0 cm³/mol. The maximum Gasteiger partial charge on any atom is 0.320 e. The van der Waals surface area contributed by atoms with Crippen LogP contribution in [0.15, 0.2) is 24.3 Å². The fourth-order valence-electron chi connectivity index (χ4n) is 2.97. The molecule has 2 rings (SSSR count). The van der Waals surface area contributed by atoms with Crippen LogP contribution in [0, 0.1) is 0 Å². The fraction of sp³-hybridized carbons (Fsp3) is 0.611. The van der Waals surface area contributed by atoms with Crippen molar-refractivity contribution in [3.05, 3.63) is 29.8 Å². The highest BCUT2D eigenvalue weighted by Gasteiger charge is 2.23. The van der Waals surface area contributed by atoms with Crippen molar-refractivity contribution < 1.29 is 9.53 Å². The largest absolute Gasteiger partial charge is 0.497 e. The maximum absolute atomic E-state index is 12.3. The van der Waals surface area contributed by atoms with Gasteiger partial charge in [0.15, 0.2) is 0 Å². The van der Waals surface area contributed by atoms with E-state index in [1.54, 1.807) is 7.11 Å². The van der Waals surface area contributed by atoms with E-state index in [1.807, 2.05) is 35.8 Å². The van der Waals surface area contributed by atoms with E-state index in [0.29, 0.717) is 0 Å². The zero-order valence-electron chi connectivity index (χ0n) is 14.6. The highest BCUT2D eigenvalue weighted by molar-refractivity contribution is 5.74. The smallest absolute Gasteiger partial charge is 0.320 e. The van der Waals surface area contributed by atoms with Crippen LogP contribution in [-0.2, 0) is 6.42 Å². The van der Waals surface area contributed by atoms with Crippen LogP contribution < -0.4 is 4.74 Å². The minimum atomic E-state index is 0.183. The van der Waals surface area contributed by atoms with E-state index in [1.165, 1.54) is 5.56 Å². The summed E-state index contributed by atoms with van der Waals surface area (Å²) in [4.78, 5) is 18.6. The quantitative estimate of drug-likeness (QED) is 0.807. The molecule has 1 aliphatic rings. The molecule has 0 aromatic heterocycles. The second-order valence-corrected chi connectivity index (χ2v) is 5.89. The van der Waals surface area contributed by atoms with Crippen LogP contribution in [0.5, 0.6) is 5.75 Å². The molecule has 0 spiro atoms. The van der Waals surface area contributed by atoms with Gasteiger partial charge in [0.25, 0.3) is 0 Å². The molecule has 1 fully saturated rings. The minimum Gasteiger partial charge on any atom is -0.497 e. The monoisotopic (exact) mass is 319 g/mol. The highest BCUT2D eigenvalue weighted by Crippen LogP contribution is 2.14. The first-order valence-corrected chi connectivity index (χ1v) is 8.57. The lowest BCUT2D eigenvalue weighted by atomic mass is 10.1. The molecule has 1 aromatic rings. The van der Waals surface area contributed by atoms with Crippen molar-refractivity contribution in [2.45, 2.75) is 20.3 Å². The van der Waals surface area contributed by atoms with Gasteiger partial charge in [-0.1, -0.05) is 12.1 Å². The van der Waals surface area contributed by atoms with Crippen molar-refractivity contribution in [3.8, 4) is 5.75 Å². The molecule has 0 N–H and O–H groups in total. The fourth-order valence-corrected chi connectivity index (χ4v) is 2.97. The summed E-state index contributed by atoms with van der Waals surface area (Å²) in [7, 11) is 1.70. The van der Waals surface area contributed by atoms with Gasteiger partial charge < -0.3 is 14.5 Å². The molecule has 1 aliphatic heterocycles. The third-order valence-electron chi connectivity index (χ3n) is 4.53. The summed E-state index contributed by atoms with van der Waals surface area (Å²) >= 11 is 0. The van der Waals surface area contributed by atoms with E-state index < -0.39 is 0 Å². The van der Waals surface area contributed by atoms with Gasteiger partial charge in [-0.2, -0.15) is 0 Å². The van der Waals surface area contributed by atoms with Crippen molar-refractivity contribution in [1.29, 1.82) is 0 Å². The van der Waals surface area contributed by atoms with Gasteiger partial charge in [0.2, 0.25) is 0 Å². The lowest BCUT2D eigenvalue weighted by Crippen LogP contribution is -2.53. The summed E-state index contributed by atoms with van der Waals surface area (Å²) in [6.07, 6.45) is 1.02. The number of carbonyl (C=O) groups is 1. The maximum atomic E-state index is 12.3. The topological polar surface area (TPSA) is 36.0 Å². The Morgan fingerprint density at radius 2 is 1.87 bits per heavy atom. The number of nitrogens with zero attached hydrogens (tertiary/aromatic N) is 3. The van der Waals surface area contributed by atoms with Gasteiger partial charge in [-0.05, 0) is 38.0 Å². The van der Waals surface area contributed by atoms with Crippen molar-refractivity contribution in [2.75, 3.05) is 52.9 Å². The lowest BCUT2D eigenvalue weighted by molar-refractivity contribution is 0.116. The second kappa shape index (κ2) is 8.77. The molecule has 0 unspecified atom stereocenters. The van der Waals surface area contributed by atoms with E-state index in [9.17, 15) is 4.79 Å². The van der Waals surface area contributed by atoms with Gasteiger partial charge in [-0.15, -0.1) is 0 Å². The molecular formula is C18H29N3O2. The van der Waals surface area contributed by atoms with E-state index >= 15 is 0 Å². The minimum absolute atomic E-state index is 0.183. The lowest BCUT2D eigenvalue weighted by Gasteiger charge is -2.37. The number of amides is 2. The number of carbonyl (C=O) groups excluding carboxylic acids is 1. The number of hydrogen-bond donors (Lipinski definition) is 0. The van der Waals surface area contributed by atoms with Crippen LogP contribution in [-0.4, -0.2) is 73.7 Å². The summed E-state index contributed by atoms with van der Waals surface area (Å²) in [6, 6.07) is 8.43. The molecule has 1 heterocycles. The zero-order valence-corrected chi connectivity index (χ0v) is 14.6. The molecule has 2 amide bonds. The number of urea groups is 1. The van der Waals surface area contributed by atoms with Crippen molar-refractivity contribution >= 4 is 6.03 Å². The molecular weight excluding hydrogens is 290 g/mol. The first kappa shape index (κ1) is 17.6. The Kier molecular flexibility index (Phi) is 6.71. The SMILES string of the molecule is CCN(CC)C(=O)N1CCN(CCc2cccc(OC)c2)CC1. The molecule has 23 heavy (non-hydrogen) atoms. The summed E-state index contributed by atoms with van der Waals surface area (Å²) in [5.41, 5.74) is 1.30. The van der Waals surface area contributed by atoms with E-state index in [0.717, 1.165) is 58.0 Å². The van der Waals surface area contributed by atoms with Gasteiger partial charge >= 0.3 is 6.03 Å². The molecule has 1 saturated heterocycles. The van der Waals surface area contributed by atoms with Crippen molar-refractivity contribution in [2.24, 2.45) is 0 Å². The standard InChI is InChI=1S/C18H29N3O2/c1-4-20(5-2)18(22)21-13-11-19(12-14-21)10-9-16-7-6-8-17(15-16)23-3/h6-8,15H,4-5,9-14H2,1-3H3. The normalized spacial score (nSPS) is 15.5. The van der Waals surface area contributed by atoms with Gasteiger partial charge in [0.05, 0.1) is 7.11 Å². The highest BCUT2D eigenvalue weighted by atomic mass is 16.5. The molecule has 5 heteroatoms. The van der Waals surface area contributed by atoms with Crippen LogP contribution in [0.25, 0.3) is 0 Å². The van der Waals surface area contributed by atoms with Gasteiger partial charge in [-0.25, -0.2) is 4.79 Å². The molecule has 0 radical (unpaired) electrons. The molecule has 0 saturated carbocycles. The van der Waals surface area contributed by atoms with Gasteiger partial charge in [0, 0.05) is 45.8 Å². The zero-order chi connectivity index (χ0) is 16.7. The molecule has 0 bridgehead atoms. The third-order valence-corrected chi connectivity index (χ3v) is 4.53. The van der Waals surface area contributed by atoms with Crippen LogP contribution in [0.1, 0.15) is 19.4 Å². The number of piperazine rings is 1. The third kappa shape index (κ3) is 4.86. The van der Waals surface area contributed by atoms with Crippen molar-refractivity contribution in [3.63, 3.8) is 0 Å². The Morgan fingerprint density at radius 3 is 2.48 bits per heavy atom. The van der Waals surface area contributed by atoms with E-state index in [-0.39, 0.29) is 6.03 Å². The number of methoxy groups -OCH3 is 1. The van der Waals surface area contributed by atoms with Gasteiger partial charge in [-0.3, -0.25) is 4.90 Å². The summed E-state index contributed by atoms with van der Waals surface area (Å²) < 4.78 is 5.27. The predicted octanol–water partition coefficient (Wildman–Crippen LogP) is 2.32. The number of benzene rings is 1. The Labute approximate surface area is 139 Å². The van der Waals surface area contributed by atoms with Crippen LogP contribution in [0.3, 0.4) is 0 Å². The van der Waals surface area contributed by atoms with E-state index in [2.05, 4.69) is 17.0 Å². The summed E-state index contributed by atoms with van der Waals surface area (Å²) in [5, 5.41) is 0. The number of rotatable bonds is 6. The van der Waals surface area contributed by atoms with Crippen LogP contribution in [0.4, 0.5) is 4.79 Å². The molecule has 0 atom stereocenters. The van der Waals surface area contributed by atoms with Gasteiger partial charge in [0.1, 0.15) is 5.75 Å². The second-order valence-electron chi connectivity index (χ2n) is 5.89.